The quantitative estimate of drug-likeness (QED) is 0.110. The van der Waals surface area contributed by atoms with Gasteiger partial charge in [-0.05, 0) is 72.0 Å². The number of rotatable bonds is 11. The zero-order chi connectivity index (χ0) is 33.6. The van der Waals surface area contributed by atoms with E-state index in [1.165, 1.54) is 5.56 Å². The first-order chi connectivity index (χ1) is 24.0. The summed E-state index contributed by atoms with van der Waals surface area (Å²) in [5, 5.41) is 13.3. The SMILES string of the molecule is CC(=O)Nc1cc2c(cc1CNCCc1ccccc1)c(-c1ccnc(C)c1)nn2C(c1ccccc1)(c1ccccc1)c1ccccc1. The molecule has 0 saturated heterocycles. The van der Waals surface area contributed by atoms with Gasteiger partial charge in [0.1, 0.15) is 11.2 Å². The Balaban J connectivity index is 1.49. The fourth-order valence-electron chi connectivity index (χ4n) is 6.83. The topological polar surface area (TPSA) is 71.8 Å². The lowest BCUT2D eigenvalue weighted by Gasteiger charge is -2.37. The third kappa shape index (κ3) is 6.39. The summed E-state index contributed by atoms with van der Waals surface area (Å²) in [6.07, 6.45) is 2.75. The number of carbonyl (C=O) groups is 1. The zero-order valence-corrected chi connectivity index (χ0v) is 27.8. The van der Waals surface area contributed by atoms with E-state index in [9.17, 15) is 4.79 Å². The molecule has 0 bridgehead atoms. The Morgan fingerprint density at radius 1 is 0.735 bits per heavy atom. The first kappa shape index (κ1) is 31.7. The van der Waals surface area contributed by atoms with Crippen molar-refractivity contribution in [1.29, 1.82) is 0 Å². The Bertz CT molecular complexity index is 2080. The Morgan fingerprint density at radius 2 is 1.31 bits per heavy atom. The number of benzene rings is 5. The van der Waals surface area contributed by atoms with Crippen molar-refractivity contribution in [1.82, 2.24) is 20.1 Å². The second-order valence-electron chi connectivity index (χ2n) is 12.4. The molecule has 7 rings (SSSR count). The number of aryl methyl sites for hydroxylation is 1. The molecule has 0 aliphatic rings. The Labute approximate surface area is 287 Å². The van der Waals surface area contributed by atoms with E-state index in [2.05, 4.69) is 136 Å². The maximum Gasteiger partial charge on any atom is 0.221 e. The number of fused-ring (bicyclic) bond motifs is 1. The van der Waals surface area contributed by atoms with E-state index in [1.807, 2.05) is 43.5 Å². The van der Waals surface area contributed by atoms with Crippen LogP contribution in [0.4, 0.5) is 5.69 Å². The van der Waals surface area contributed by atoms with Crippen LogP contribution in [0.1, 0.15) is 40.4 Å². The average Bonchev–Trinajstić information content (AvgIpc) is 3.50. The first-order valence-corrected chi connectivity index (χ1v) is 16.7. The van der Waals surface area contributed by atoms with Crippen molar-refractivity contribution in [3.63, 3.8) is 0 Å². The number of pyridine rings is 1. The summed E-state index contributed by atoms with van der Waals surface area (Å²) in [5.41, 5.74) is 9.05. The fourth-order valence-corrected chi connectivity index (χ4v) is 6.83. The van der Waals surface area contributed by atoms with Gasteiger partial charge in [0.05, 0.1) is 5.52 Å². The van der Waals surface area contributed by atoms with Gasteiger partial charge in [0.15, 0.2) is 0 Å². The number of hydrogen-bond donors (Lipinski definition) is 2. The molecule has 6 heteroatoms. The molecule has 0 unspecified atom stereocenters. The monoisotopic (exact) mass is 641 g/mol. The van der Waals surface area contributed by atoms with E-state index >= 15 is 0 Å². The molecule has 0 fully saturated rings. The van der Waals surface area contributed by atoms with E-state index in [0.717, 1.165) is 68.8 Å². The molecule has 1 amide bonds. The van der Waals surface area contributed by atoms with Crippen LogP contribution in [0.25, 0.3) is 22.2 Å². The molecule has 5 aromatic carbocycles. The fraction of sp³-hybridized carbons (Fsp3) is 0.140. The van der Waals surface area contributed by atoms with Crippen molar-refractivity contribution in [3.8, 4) is 11.3 Å². The lowest BCUT2D eigenvalue weighted by Crippen LogP contribution is -2.38. The van der Waals surface area contributed by atoms with Crippen LogP contribution in [0.3, 0.4) is 0 Å². The summed E-state index contributed by atoms with van der Waals surface area (Å²) >= 11 is 0. The van der Waals surface area contributed by atoms with Crippen molar-refractivity contribution in [3.05, 3.63) is 185 Å². The van der Waals surface area contributed by atoms with Crippen LogP contribution >= 0.6 is 0 Å². The van der Waals surface area contributed by atoms with Crippen LogP contribution in [0.5, 0.6) is 0 Å². The minimum atomic E-state index is -0.842. The number of nitrogens with one attached hydrogen (secondary N) is 2. The maximum absolute atomic E-state index is 12.7. The minimum Gasteiger partial charge on any atom is -0.326 e. The molecular weight excluding hydrogens is 603 g/mol. The molecule has 0 spiro atoms. The van der Waals surface area contributed by atoms with Gasteiger partial charge in [-0.3, -0.25) is 9.78 Å². The number of aromatic nitrogens is 3. The van der Waals surface area contributed by atoms with E-state index in [0.29, 0.717) is 6.54 Å². The van der Waals surface area contributed by atoms with Crippen LogP contribution in [-0.2, 0) is 23.3 Å². The maximum atomic E-state index is 12.7. The van der Waals surface area contributed by atoms with E-state index in [-0.39, 0.29) is 5.91 Å². The molecular formula is C43H39N5O. The third-order valence-corrected chi connectivity index (χ3v) is 9.03. The van der Waals surface area contributed by atoms with Crippen LogP contribution < -0.4 is 10.6 Å². The largest absolute Gasteiger partial charge is 0.326 e. The molecule has 0 radical (unpaired) electrons. The van der Waals surface area contributed by atoms with Gasteiger partial charge in [-0.15, -0.1) is 0 Å². The summed E-state index contributed by atoms with van der Waals surface area (Å²) < 4.78 is 2.16. The summed E-state index contributed by atoms with van der Waals surface area (Å²) in [5.74, 6) is -0.124. The normalized spacial score (nSPS) is 11.5. The van der Waals surface area contributed by atoms with Crippen molar-refractivity contribution in [2.75, 3.05) is 11.9 Å². The second-order valence-corrected chi connectivity index (χ2v) is 12.4. The van der Waals surface area contributed by atoms with Gasteiger partial charge in [0.2, 0.25) is 5.91 Å². The molecule has 2 heterocycles. The van der Waals surface area contributed by atoms with Gasteiger partial charge in [-0.2, -0.15) is 5.10 Å². The summed E-state index contributed by atoms with van der Waals surface area (Å²) in [4.78, 5) is 17.2. The van der Waals surface area contributed by atoms with Crippen molar-refractivity contribution in [2.45, 2.75) is 32.4 Å². The second kappa shape index (κ2) is 14.1. The van der Waals surface area contributed by atoms with Crippen LogP contribution in [-0.4, -0.2) is 27.2 Å². The molecule has 0 aliphatic carbocycles. The summed E-state index contributed by atoms with van der Waals surface area (Å²) in [6, 6.07) is 50.5. The number of anilines is 1. The number of nitrogens with zero attached hydrogens (tertiary/aromatic N) is 3. The Kier molecular flexibility index (Phi) is 9.13. The Hall–Kier alpha value is -5.85. The lowest BCUT2D eigenvalue weighted by molar-refractivity contribution is -0.114. The summed E-state index contributed by atoms with van der Waals surface area (Å²) in [6.45, 7) is 4.94. The predicted molar refractivity (Wildman–Crippen MR) is 198 cm³/mol. The van der Waals surface area contributed by atoms with Crippen LogP contribution in [0.15, 0.2) is 152 Å². The molecule has 49 heavy (non-hydrogen) atoms. The van der Waals surface area contributed by atoms with Crippen LogP contribution in [0, 0.1) is 6.92 Å². The number of amides is 1. The van der Waals surface area contributed by atoms with Gasteiger partial charge >= 0.3 is 0 Å². The van der Waals surface area contributed by atoms with Gasteiger partial charge < -0.3 is 10.6 Å². The van der Waals surface area contributed by atoms with Gasteiger partial charge in [-0.1, -0.05) is 121 Å². The summed E-state index contributed by atoms with van der Waals surface area (Å²) in [7, 11) is 0. The van der Waals surface area contributed by atoms with E-state index in [4.69, 9.17) is 5.10 Å². The molecule has 0 saturated carbocycles. The Morgan fingerprint density at radius 3 is 1.86 bits per heavy atom. The third-order valence-electron chi connectivity index (χ3n) is 9.03. The lowest BCUT2D eigenvalue weighted by atomic mass is 9.77. The highest BCUT2D eigenvalue weighted by atomic mass is 16.1. The van der Waals surface area contributed by atoms with E-state index in [1.54, 1.807) is 6.92 Å². The smallest absolute Gasteiger partial charge is 0.221 e. The van der Waals surface area contributed by atoms with Crippen molar-refractivity contribution >= 4 is 22.5 Å². The van der Waals surface area contributed by atoms with Crippen molar-refractivity contribution < 1.29 is 4.79 Å². The predicted octanol–water partition coefficient (Wildman–Crippen LogP) is 8.54. The first-order valence-electron chi connectivity index (χ1n) is 16.7. The zero-order valence-electron chi connectivity index (χ0n) is 27.8. The minimum absolute atomic E-state index is 0.124. The molecule has 2 aromatic heterocycles. The molecule has 6 nitrogen and oxygen atoms in total. The molecule has 7 aromatic rings. The van der Waals surface area contributed by atoms with Gasteiger partial charge in [0, 0.05) is 42.0 Å². The molecule has 0 aliphatic heterocycles. The number of carbonyl (C=O) groups excluding carboxylic acids is 1. The average molecular weight is 642 g/mol. The molecule has 242 valence electrons. The van der Waals surface area contributed by atoms with Gasteiger partial charge in [0.25, 0.3) is 0 Å². The van der Waals surface area contributed by atoms with Crippen LogP contribution in [0.2, 0.25) is 0 Å². The van der Waals surface area contributed by atoms with Gasteiger partial charge in [-0.25, -0.2) is 4.68 Å². The molecule has 2 N–H and O–H groups in total. The van der Waals surface area contributed by atoms with E-state index < -0.39 is 5.54 Å². The number of hydrogen-bond acceptors (Lipinski definition) is 4. The highest BCUT2D eigenvalue weighted by Gasteiger charge is 2.41. The highest BCUT2D eigenvalue weighted by Crippen LogP contribution is 2.44. The van der Waals surface area contributed by atoms with Crippen molar-refractivity contribution in [2.24, 2.45) is 0 Å². The highest BCUT2D eigenvalue weighted by molar-refractivity contribution is 5.99. The molecule has 0 atom stereocenters. The standard InChI is InChI=1S/C43H39N5O/c1-31-27-34(24-26-45-31)42-39-28-35(30-44-25-23-33-15-7-3-8-16-33)40(46-32(2)49)29-41(39)48(47-42)43(36-17-9-4-10-18-36,37-19-11-5-12-20-37)38-21-13-6-14-22-38/h3-22,24,26-29,44H,23,25,30H2,1-2H3,(H,46,49).